The lowest BCUT2D eigenvalue weighted by molar-refractivity contribution is 0.616. The van der Waals surface area contributed by atoms with Crippen LogP contribution in [-0.2, 0) is 23.7 Å². The average Bonchev–Trinajstić information content (AvgIpc) is 2.16. The van der Waals surface area contributed by atoms with Gasteiger partial charge in [-0.1, -0.05) is 32.0 Å². The Bertz CT molecular complexity index is 365. The molecular formula is C11H19NO2S. The molecule has 0 amide bonds. The van der Waals surface area contributed by atoms with Crippen molar-refractivity contribution in [1.82, 2.24) is 0 Å². The maximum absolute atomic E-state index is 8.81. The minimum Gasteiger partial charge on any atom is -0.231 e. The molecule has 1 rings (SSSR count). The molecule has 86 valence electrons. The minimum absolute atomic E-state index is 1.16. The van der Waals surface area contributed by atoms with Crippen LogP contribution in [0.4, 0.5) is 0 Å². The van der Waals surface area contributed by atoms with Crippen LogP contribution < -0.4 is 5.14 Å². The van der Waals surface area contributed by atoms with Crippen LogP contribution in [0.2, 0.25) is 0 Å². The average molecular weight is 229 g/mol. The molecule has 0 heterocycles. The molecule has 3 nitrogen and oxygen atoms in total. The standard InChI is InChI=1S/C11H16.H3NO2S/c1-4-10-8-6-7-9(3)11(10)5-2;1-4(2)3/h6-8H,4-5H2,1-3H3;4H,(H2,1,2,3). The summed E-state index contributed by atoms with van der Waals surface area (Å²) in [5.74, 6) is 0. The van der Waals surface area contributed by atoms with Gasteiger partial charge in [0.2, 0.25) is 0 Å². The zero-order chi connectivity index (χ0) is 11.8. The van der Waals surface area contributed by atoms with Gasteiger partial charge in [0, 0.05) is 0 Å². The van der Waals surface area contributed by atoms with Crippen molar-refractivity contribution in [2.24, 2.45) is 5.14 Å². The van der Waals surface area contributed by atoms with Gasteiger partial charge in [-0.25, -0.2) is 13.6 Å². The molecule has 0 radical (unpaired) electrons. The van der Waals surface area contributed by atoms with E-state index in [-0.39, 0.29) is 0 Å². The summed E-state index contributed by atoms with van der Waals surface area (Å²) in [6, 6.07) is 6.57. The summed E-state index contributed by atoms with van der Waals surface area (Å²) in [5, 5.41) is 4.06. The van der Waals surface area contributed by atoms with Crippen LogP contribution in [0.3, 0.4) is 0 Å². The third-order valence-electron chi connectivity index (χ3n) is 2.24. The Hall–Kier alpha value is -0.870. The summed E-state index contributed by atoms with van der Waals surface area (Å²) in [7, 11) is -2.62. The Labute approximate surface area is 93.4 Å². The van der Waals surface area contributed by atoms with Crippen LogP contribution in [0.5, 0.6) is 0 Å². The highest BCUT2D eigenvalue weighted by Gasteiger charge is 1.99. The van der Waals surface area contributed by atoms with Gasteiger partial charge in [0.05, 0.1) is 0 Å². The van der Waals surface area contributed by atoms with Crippen LogP contribution >= 0.6 is 0 Å². The summed E-state index contributed by atoms with van der Waals surface area (Å²) >= 11 is 0. The highest BCUT2D eigenvalue weighted by Crippen LogP contribution is 2.14. The highest BCUT2D eigenvalue weighted by molar-refractivity contribution is 7.69. The van der Waals surface area contributed by atoms with Gasteiger partial charge in [0.25, 0.3) is 0 Å². The van der Waals surface area contributed by atoms with E-state index in [0.717, 1.165) is 12.8 Å². The Morgan fingerprint density at radius 2 is 1.73 bits per heavy atom. The molecule has 0 spiro atoms. The maximum atomic E-state index is 8.81. The molecule has 15 heavy (non-hydrogen) atoms. The van der Waals surface area contributed by atoms with Crippen LogP contribution in [-0.4, -0.2) is 8.42 Å². The van der Waals surface area contributed by atoms with Gasteiger partial charge in [-0.15, -0.1) is 0 Å². The number of rotatable bonds is 2. The fourth-order valence-electron chi connectivity index (χ4n) is 1.60. The van der Waals surface area contributed by atoms with Crippen molar-refractivity contribution in [2.75, 3.05) is 0 Å². The number of thiol groups is 1. The summed E-state index contributed by atoms with van der Waals surface area (Å²) in [6.45, 7) is 6.63. The van der Waals surface area contributed by atoms with Crippen molar-refractivity contribution in [2.45, 2.75) is 33.6 Å². The third-order valence-corrected chi connectivity index (χ3v) is 2.24. The third kappa shape index (κ3) is 5.54. The summed E-state index contributed by atoms with van der Waals surface area (Å²) in [6.07, 6.45) is 2.32. The fraction of sp³-hybridized carbons (Fsp3) is 0.455. The van der Waals surface area contributed by atoms with E-state index in [1.807, 2.05) is 0 Å². The van der Waals surface area contributed by atoms with Crippen molar-refractivity contribution in [3.05, 3.63) is 34.9 Å². The van der Waals surface area contributed by atoms with E-state index in [1.165, 1.54) is 16.7 Å². The summed E-state index contributed by atoms with van der Waals surface area (Å²) in [4.78, 5) is 0. The van der Waals surface area contributed by atoms with Gasteiger partial charge in [0.1, 0.15) is 0 Å². The SMILES string of the molecule is CCc1cccc(C)c1CC.N[SH](=O)=O. The lowest BCUT2D eigenvalue weighted by Crippen LogP contribution is -1.93. The Kier molecular flexibility index (Phi) is 6.99. The van der Waals surface area contributed by atoms with E-state index in [0.29, 0.717) is 0 Å². The zero-order valence-electron chi connectivity index (χ0n) is 9.49. The van der Waals surface area contributed by atoms with Gasteiger partial charge in [0.15, 0.2) is 10.9 Å². The van der Waals surface area contributed by atoms with Crippen LogP contribution in [0.25, 0.3) is 0 Å². The molecule has 1 aromatic rings. The second-order valence-corrected chi connectivity index (χ2v) is 3.78. The van der Waals surface area contributed by atoms with Gasteiger partial charge in [-0.2, -0.15) is 0 Å². The van der Waals surface area contributed by atoms with Crippen molar-refractivity contribution in [3.63, 3.8) is 0 Å². The van der Waals surface area contributed by atoms with Gasteiger partial charge in [-0.3, -0.25) is 0 Å². The molecule has 0 saturated carbocycles. The zero-order valence-corrected chi connectivity index (χ0v) is 10.4. The number of hydrogen-bond acceptors (Lipinski definition) is 2. The molecular weight excluding hydrogens is 210 g/mol. The van der Waals surface area contributed by atoms with E-state index in [2.05, 4.69) is 44.1 Å². The van der Waals surface area contributed by atoms with Gasteiger partial charge >= 0.3 is 0 Å². The lowest BCUT2D eigenvalue weighted by atomic mass is 9.98. The molecule has 0 aromatic heterocycles. The number of benzene rings is 1. The fourth-order valence-corrected chi connectivity index (χ4v) is 1.60. The molecule has 0 aliphatic rings. The van der Waals surface area contributed by atoms with E-state index in [1.54, 1.807) is 0 Å². The van der Waals surface area contributed by atoms with Crippen molar-refractivity contribution in [3.8, 4) is 0 Å². The van der Waals surface area contributed by atoms with E-state index < -0.39 is 10.9 Å². The quantitative estimate of drug-likeness (QED) is 0.757. The molecule has 0 aliphatic heterocycles. The minimum atomic E-state index is -2.62. The monoisotopic (exact) mass is 229 g/mol. The number of nitrogens with two attached hydrogens (primary N) is 1. The molecule has 1 aromatic carbocycles. The van der Waals surface area contributed by atoms with Crippen LogP contribution in [0.15, 0.2) is 18.2 Å². The lowest BCUT2D eigenvalue weighted by Gasteiger charge is -2.07. The predicted octanol–water partition coefficient (Wildman–Crippen LogP) is 1.59. The number of aryl methyl sites for hydroxylation is 2. The second-order valence-electron chi connectivity index (χ2n) is 3.21. The van der Waals surface area contributed by atoms with E-state index in [9.17, 15) is 0 Å². The molecule has 4 heteroatoms. The van der Waals surface area contributed by atoms with Gasteiger partial charge < -0.3 is 0 Å². The Morgan fingerprint density at radius 3 is 2.07 bits per heavy atom. The van der Waals surface area contributed by atoms with Crippen molar-refractivity contribution >= 4 is 10.9 Å². The predicted molar refractivity (Wildman–Crippen MR) is 64.4 cm³/mol. The normalized spacial score (nSPS) is 9.67. The Morgan fingerprint density at radius 1 is 1.20 bits per heavy atom. The molecule has 0 unspecified atom stereocenters. The molecule has 0 atom stereocenters. The second kappa shape index (κ2) is 7.43. The summed E-state index contributed by atoms with van der Waals surface area (Å²) in [5.41, 5.74) is 4.48. The van der Waals surface area contributed by atoms with Crippen LogP contribution in [0, 0.1) is 6.92 Å². The first-order chi connectivity index (χ1) is 7.02. The van der Waals surface area contributed by atoms with Crippen LogP contribution in [0.1, 0.15) is 30.5 Å². The highest BCUT2D eigenvalue weighted by atomic mass is 32.2. The first-order valence-electron chi connectivity index (χ1n) is 4.99. The maximum Gasteiger partial charge on any atom is 0.198 e. The molecule has 0 aliphatic carbocycles. The largest absolute Gasteiger partial charge is 0.231 e. The Balaban J connectivity index is 0.000000423. The smallest absolute Gasteiger partial charge is 0.198 e. The van der Waals surface area contributed by atoms with E-state index >= 15 is 0 Å². The first-order valence-corrected chi connectivity index (χ1v) is 6.24. The topological polar surface area (TPSA) is 60.2 Å². The van der Waals surface area contributed by atoms with Crippen molar-refractivity contribution < 1.29 is 8.42 Å². The summed E-state index contributed by atoms with van der Waals surface area (Å²) < 4.78 is 17.6. The first kappa shape index (κ1) is 14.1. The molecule has 0 bridgehead atoms. The number of hydrogen-bond donors (Lipinski definition) is 2. The molecule has 0 fully saturated rings. The van der Waals surface area contributed by atoms with E-state index in [4.69, 9.17) is 8.42 Å². The molecule has 0 saturated heterocycles. The van der Waals surface area contributed by atoms with Gasteiger partial charge in [-0.05, 0) is 36.5 Å². The van der Waals surface area contributed by atoms with Crippen molar-refractivity contribution in [1.29, 1.82) is 0 Å². The molecule has 2 N–H and O–H groups in total.